The summed E-state index contributed by atoms with van der Waals surface area (Å²) in [6, 6.07) is 3.99. The van der Waals surface area contributed by atoms with Crippen LogP contribution in [0.25, 0.3) is 11.4 Å². The van der Waals surface area contributed by atoms with Gasteiger partial charge in [0, 0.05) is 11.1 Å². The third-order valence-electron chi connectivity index (χ3n) is 3.81. The SMILES string of the molecule is Cc1nc(-c2cn(C(C)c3ccc(C(F)(F)F)cc3Cl)nn2)cc(=O)[nH]1. The quantitative estimate of drug-likeness (QED) is 0.749. The third-order valence-corrected chi connectivity index (χ3v) is 4.13. The van der Waals surface area contributed by atoms with Gasteiger partial charge in [-0.1, -0.05) is 22.9 Å². The molecule has 0 aliphatic rings. The van der Waals surface area contributed by atoms with Crippen molar-refractivity contribution in [2.24, 2.45) is 0 Å². The Morgan fingerprint density at radius 3 is 2.58 bits per heavy atom. The number of rotatable bonds is 3. The number of nitrogens with zero attached hydrogens (tertiary/aromatic N) is 4. The highest BCUT2D eigenvalue weighted by molar-refractivity contribution is 6.31. The van der Waals surface area contributed by atoms with Crippen LogP contribution in [0, 0.1) is 6.92 Å². The van der Waals surface area contributed by atoms with Gasteiger partial charge in [0.05, 0.1) is 23.5 Å². The molecular formula is C16H13ClF3N5O. The number of benzene rings is 1. The number of aromatic nitrogens is 5. The maximum absolute atomic E-state index is 12.8. The molecule has 0 aliphatic carbocycles. The van der Waals surface area contributed by atoms with E-state index >= 15 is 0 Å². The molecule has 0 amide bonds. The molecule has 1 N–H and O–H groups in total. The predicted molar refractivity (Wildman–Crippen MR) is 88.9 cm³/mol. The fourth-order valence-electron chi connectivity index (χ4n) is 2.48. The second-order valence-electron chi connectivity index (χ2n) is 5.71. The monoisotopic (exact) mass is 383 g/mol. The summed E-state index contributed by atoms with van der Waals surface area (Å²) >= 11 is 6.03. The first-order valence-electron chi connectivity index (χ1n) is 7.52. The highest BCUT2D eigenvalue weighted by atomic mass is 35.5. The molecule has 10 heteroatoms. The Kier molecular flexibility index (Phi) is 4.57. The van der Waals surface area contributed by atoms with Gasteiger partial charge < -0.3 is 4.98 Å². The number of nitrogens with one attached hydrogen (secondary N) is 1. The molecule has 3 aromatic rings. The molecule has 1 unspecified atom stereocenters. The minimum absolute atomic E-state index is 0.0190. The summed E-state index contributed by atoms with van der Waals surface area (Å²) in [7, 11) is 0. The smallest absolute Gasteiger partial charge is 0.311 e. The zero-order valence-corrected chi connectivity index (χ0v) is 14.4. The Hall–Kier alpha value is -2.68. The molecular weight excluding hydrogens is 371 g/mol. The summed E-state index contributed by atoms with van der Waals surface area (Å²) in [4.78, 5) is 18.3. The van der Waals surface area contributed by atoms with Crippen molar-refractivity contribution < 1.29 is 13.2 Å². The van der Waals surface area contributed by atoms with Crippen molar-refractivity contribution in [3.63, 3.8) is 0 Å². The largest absolute Gasteiger partial charge is 0.416 e. The predicted octanol–water partition coefficient (Wildman–Crippen LogP) is 3.62. The number of aromatic amines is 1. The molecule has 0 saturated carbocycles. The van der Waals surface area contributed by atoms with E-state index in [1.807, 2.05) is 0 Å². The van der Waals surface area contributed by atoms with Crippen LogP contribution in [0.3, 0.4) is 0 Å². The molecule has 0 saturated heterocycles. The first kappa shape index (κ1) is 18.1. The van der Waals surface area contributed by atoms with E-state index in [1.54, 1.807) is 20.0 Å². The van der Waals surface area contributed by atoms with Gasteiger partial charge in [-0.25, -0.2) is 9.67 Å². The molecule has 6 nitrogen and oxygen atoms in total. The molecule has 0 aliphatic heterocycles. The van der Waals surface area contributed by atoms with Crippen LogP contribution in [0.15, 0.2) is 35.3 Å². The number of alkyl halides is 3. The second kappa shape index (κ2) is 6.56. The van der Waals surface area contributed by atoms with Crippen molar-refractivity contribution in [3.8, 4) is 11.4 Å². The van der Waals surface area contributed by atoms with Gasteiger partial charge in [-0.2, -0.15) is 13.2 Å². The number of H-pyrrole nitrogens is 1. The minimum atomic E-state index is -4.46. The van der Waals surface area contributed by atoms with Crippen molar-refractivity contribution in [3.05, 3.63) is 62.8 Å². The van der Waals surface area contributed by atoms with Crippen LogP contribution in [0.2, 0.25) is 5.02 Å². The zero-order valence-electron chi connectivity index (χ0n) is 13.7. The molecule has 0 spiro atoms. The Morgan fingerprint density at radius 2 is 1.96 bits per heavy atom. The molecule has 3 rings (SSSR count). The lowest BCUT2D eigenvalue weighted by molar-refractivity contribution is -0.137. The highest BCUT2D eigenvalue weighted by Gasteiger charge is 2.31. The van der Waals surface area contributed by atoms with Gasteiger partial charge in [0.2, 0.25) is 0 Å². The Balaban J connectivity index is 1.93. The van der Waals surface area contributed by atoms with E-state index < -0.39 is 17.8 Å². The summed E-state index contributed by atoms with van der Waals surface area (Å²) in [6.45, 7) is 3.36. The molecule has 0 radical (unpaired) electrons. The lowest BCUT2D eigenvalue weighted by Gasteiger charge is -2.15. The van der Waals surface area contributed by atoms with Gasteiger partial charge >= 0.3 is 6.18 Å². The van der Waals surface area contributed by atoms with E-state index in [1.165, 1.54) is 16.8 Å². The Bertz CT molecular complexity index is 1010. The van der Waals surface area contributed by atoms with Crippen molar-refractivity contribution >= 4 is 11.6 Å². The molecule has 1 atom stereocenters. The fraction of sp³-hybridized carbons (Fsp3) is 0.250. The van der Waals surface area contributed by atoms with Gasteiger partial charge in [0.25, 0.3) is 5.56 Å². The van der Waals surface area contributed by atoms with Crippen molar-refractivity contribution in [1.29, 1.82) is 0 Å². The summed E-state index contributed by atoms with van der Waals surface area (Å²) in [5.74, 6) is 0.431. The van der Waals surface area contributed by atoms with Crippen LogP contribution in [0.4, 0.5) is 13.2 Å². The van der Waals surface area contributed by atoms with Crippen LogP contribution >= 0.6 is 11.6 Å². The first-order chi connectivity index (χ1) is 12.1. The molecule has 0 fully saturated rings. The van der Waals surface area contributed by atoms with Crippen LogP contribution in [-0.4, -0.2) is 25.0 Å². The third kappa shape index (κ3) is 3.62. The van der Waals surface area contributed by atoms with Crippen LogP contribution in [0.5, 0.6) is 0 Å². The van der Waals surface area contributed by atoms with Gasteiger partial charge in [0.15, 0.2) is 0 Å². The van der Waals surface area contributed by atoms with Crippen LogP contribution in [0.1, 0.15) is 29.9 Å². The average molecular weight is 384 g/mol. The molecule has 0 bridgehead atoms. The Morgan fingerprint density at radius 1 is 1.23 bits per heavy atom. The number of hydrogen-bond donors (Lipinski definition) is 1. The average Bonchev–Trinajstić information content (AvgIpc) is 3.02. The summed E-state index contributed by atoms with van der Waals surface area (Å²) in [6.07, 6.45) is -2.91. The topological polar surface area (TPSA) is 76.5 Å². The molecule has 2 aromatic heterocycles. The van der Waals surface area contributed by atoms with E-state index in [0.717, 1.165) is 12.1 Å². The molecule has 136 valence electrons. The van der Waals surface area contributed by atoms with Crippen molar-refractivity contribution in [2.45, 2.75) is 26.1 Å². The zero-order chi connectivity index (χ0) is 19.1. The van der Waals surface area contributed by atoms with Gasteiger partial charge in [-0.3, -0.25) is 4.79 Å². The van der Waals surface area contributed by atoms with E-state index in [-0.39, 0.29) is 10.6 Å². The summed E-state index contributed by atoms with van der Waals surface area (Å²) < 4.78 is 39.7. The van der Waals surface area contributed by atoms with Crippen molar-refractivity contribution in [1.82, 2.24) is 25.0 Å². The summed E-state index contributed by atoms with van der Waals surface area (Å²) in [5, 5.41) is 7.93. The van der Waals surface area contributed by atoms with Crippen molar-refractivity contribution in [2.75, 3.05) is 0 Å². The second-order valence-corrected chi connectivity index (χ2v) is 6.12. The molecule has 1 aromatic carbocycles. The van der Waals surface area contributed by atoms with E-state index in [4.69, 9.17) is 11.6 Å². The van der Waals surface area contributed by atoms with E-state index in [0.29, 0.717) is 22.8 Å². The van der Waals surface area contributed by atoms with Crippen LogP contribution < -0.4 is 5.56 Å². The lowest BCUT2D eigenvalue weighted by Crippen LogP contribution is -2.10. The fourth-order valence-corrected chi connectivity index (χ4v) is 2.82. The lowest BCUT2D eigenvalue weighted by atomic mass is 10.1. The minimum Gasteiger partial charge on any atom is -0.311 e. The standard InChI is InChI=1S/C16H13ClF3N5O/c1-8(11-4-3-10(5-12(11)17)16(18,19)20)25-7-14(23-24-25)13-6-15(26)22-9(2)21-13/h3-8H,1-2H3,(H,21,22,26). The number of hydrogen-bond acceptors (Lipinski definition) is 4. The van der Waals surface area contributed by atoms with E-state index in [9.17, 15) is 18.0 Å². The molecule has 2 heterocycles. The normalized spacial score (nSPS) is 13.0. The van der Waals surface area contributed by atoms with Crippen LogP contribution in [-0.2, 0) is 6.18 Å². The number of aryl methyl sites for hydroxylation is 1. The number of halogens is 4. The maximum Gasteiger partial charge on any atom is 0.416 e. The summed E-state index contributed by atoms with van der Waals surface area (Å²) in [5.41, 5.74) is 0.0465. The van der Waals surface area contributed by atoms with Gasteiger partial charge in [0.1, 0.15) is 11.5 Å². The van der Waals surface area contributed by atoms with Gasteiger partial charge in [-0.05, 0) is 31.5 Å². The Labute approximate surface area is 150 Å². The maximum atomic E-state index is 12.8. The molecule has 26 heavy (non-hydrogen) atoms. The first-order valence-corrected chi connectivity index (χ1v) is 7.90. The van der Waals surface area contributed by atoms with Gasteiger partial charge in [-0.15, -0.1) is 5.10 Å². The highest BCUT2D eigenvalue weighted by Crippen LogP contribution is 2.34. The van der Waals surface area contributed by atoms with E-state index in [2.05, 4.69) is 20.3 Å².